The molecular formula is C27H50N2O6. The van der Waals surface area contributed by atoms with E-state index in [2.05, 4.69) is 13.0 Å². The first-order valence-electron chi connectivity index (χ1n) is 13.4. The maximum absolute atomic E-state index is 12.3. The van der Waals surface area contributed by atoms with Gasteiger partial charge in [0.1, 0.15) is 12.7 Å². The second-order valence-corrected chi connectivity index (χ2v) is 9.45. The summed E-state index contributed by atoms with van der Waals surface area (Å²) in [7, 11) is 3.81. The molecule has 0 rings (SSSR count). The maximum atomic E-state index is 12.3. The van der Waals surface area contributed by atoms with E-state index in [0.717, 1.165) is 57.8 Å². The zero-order valence-electron chi connectivity index (χ0n) is 22.3. The number of unbranched alkanes of at least 4 members (excludes halogenated alkanes) is 7. The number of primary amides is 1. The van der Waals surface area contributed by atoms with Gasteiger partial charge in [0.05, 0.1) is 6.10 Å². The molecule has 0 heterocycles. The lowest BCUT2D eigenvalue weighted by atomic mass is 10.0. The summed E-state index contributed by atoms with van der Waals surface area (Å²) in [5.74, 6) is -0.928. The van der Waals surface area contributed by atoms with Crippen molar-refractivity contribution in [2.24, 2.45) is 5.73 Å². The summed E-state index contributed by atoms with van der Waals surface area (Å²) in [6.07, 6.45) is 14.0. The van der Waals surface area contributed by atoms with E-state index in [9.17, 15) is 19.5 Å². The highest BCUT2D eigenvalue weighted by molar-refractivity contribution is 5.73. The standard InChI is InChI=1S/C27H50N2O6/c1-4-5-12-17-24(35-27(33)20-15-19-26(32)34-22-21-29(2)3)23(30)16-13-10-8-6-7-9-11-14-18-25(28)31/h10,13,23-24,30H,4-9,11-12,14-22H2,1-3H3,(H2,28,31). The molecule has 0 bridgehead atoms. The van der Waals surface area contributed by atoms with Crippen LogP contribution in [0.5, 0.6) is 0 Å². The minimum Gasteiger partial charge on any atom is -0.464 e. The van der Waals surface area contributed by atoms with Crippen molar-refractivity contribution in [2.45, 2.75) is 115 Å². The minimum absolute atomic E-state index is 0.134. The summed E-state index contributed by atoms with van der Waals surface area (Å²) < 4.78 is 10.7. The molecule has 1 amide bonds. The van der Waals surface area contributed by atoms with E-state index in [-0.39, 0.29) is 30.7 Å². The van der Waals surface area contributed by atoms with Crippen LogP contribution < -0.4 is 5.73 Å². The fraction of sp³-hybridized carbons (Fsp3) is 0.815. The number of hydrogen-bond acceptors (Lipinski definition) is 7. The van der Waals surface area contributed by atoms with Crippen LogP contribution in [0.2, 0.25) is 0 Å². The van der Waals surface area contributed by atoms with E-state index < -0.39 is 12.2 Å². The number of carbonyl (C=O) groups excluding carboxylic acids is 3. The number of hydrogen-bond donors (Lipinski definition) is 2. The molecule has 0 saturated heterocycles. The minimum atomic E-state index is -0.739. The monoisotopic (exact) mass is 498 g/mol. The zero-order chi connectivity index (χ0) is 26.3. The SMILES string of the molecule is CCCCCC(OC(=O)CCCC(=O)OCCN(C)C)C(O)CC=CCCCCCCCC(N)=O. The second kappa shape index (κ2) is 22.5. The van der Waals surface area contributed by atoms with E-state index in [1.54, 1.807) is 0 Å². The average molecular weight is 499 g/mol. The largest absolute Gasteiger partial charge is 0.464 e. The van der Waals surface area contributed by atoms with Crippen molar-refractivity contribution in [2.75, 3.05) is 27.2 Å². The number of aliphatic hydroxyl groups excluding tert-OH is 1. The molecule has 8 heteroatoms. The van der Waals surface area contributed by atoms with Crippen LogP contribution in [-0.4, -0.2) is 67.3 Å². The van der Waals surface area contributed by atoms with Gasteiger partial charge in [-0.1, -0.05) is 51.2 Å². The number of rotatable bonds is 23. The molecule has 2 atom stereocenters. The molecule has 0 radical (unpaired) electrons. The van der Waals surface area contributed by atoms with Gasteiger partial charge >= 0.3 is 11.9 Å². The second-order valence-electron chi connectivity index (χ2n) is 9.45. The fourth-order valence-corrected chi connectivity index (χ4v) is 3.54. The van der Waals surface area contributed by atoms with Crippen LogP contribution in [0.1, 0.15) is 103 Å². The van der Waals surface area contributed by atoms with Crippen molar-refractivity contribution < 1.29 is 29.0 Å². The van der Waals surface area contributed by atoms with Crippen molar-refractivity contribution in [1.82, 2.24) is 4.90 Å². The Morgan fingerprint density at radius 1 is 0.886 bits per heavy atom. The van der Waals surface area contributed by atoms with Gasteiger partial charge in [0.15, 0.2) is 0 Å². The maximum Gasteiger partial charge on any atom is 0.306 e. The van der Waals surface area contributed by atoms with E-state index in [1.165, 1.54) is 0 Å². The summed E-state index contributed by atoms with van der Waals surface area (Å²) in [6, 6.07) is 0. The van der Waals surface area contributed by atoms with Gasteiger partial charge in [0.2, 0.25) is 5.91 Å². The molecule has 204 valence electrons. The van der Waals surface area contributed by atoms with Gasteiger partial charge in [-0.25, -0.2) is 0 Å². The summed E-state index contributed by atoms with van der Waals surface area (Å²) in [6.45, 7) is 3.11. The molecular weight excluding hydrogens is 448 g/mol. The van der Waals surface area contributed by atoms with Crippen LogP contribution in [0.15, 0.2) is 12.2 Å². The highest BCUT2D eigenvalue weighted by Gasteiger charge is 2.22. The average Bonchev–Trinajstić information content (AvgIpc) is 2.79. The third kappa shape index (κ3) is 22.3. The Morgan fingerprint density at radius 3 is 2.26 bits per heavy atom. The molecule has 0 spiro atoms. The van der Waals surface area contributed by atoms with Crippen molar-refractivity contribution in [3.63, 3.8) is 0 Å². The number of nitrogens with zero attached hydrogens (tertiary/aromatic N) is 1. The van der Waals surface area contributed by atoms with Gasteiger partial charge in [-0.05, 0) is 59.0 Å². The summed E-state index contributed by atoms with van der Waals surface area (Å²) in [5.41, 5.74) is 5.13. The Kier molecular flexibility index (Phi) is 21.3. The number of amides is 1. The van der Waals surface area contributed by atoms with E-state index >= 15 is 0 Å². The number of nitrogens with two attached hydrogens (primary N) is 1. The molecule has 0 aliphatic heterocycles. The lowest BCUT2D eigenvalue weighted by Gasteiger charge is -2.22. The number of aliphatic hydroxyl groups is 1. The number of carbonyl (C=O) groups is 3. The zero-order valence-corrected chi connectivity index (χ0v) is 22.3. The highest BCUT2D eigenvalue weighted by atomic mass is 16.6. The molecule has 0 saturated carbocycles. The smallest absolute Gasteiger partial charge is 0.306 e. The fourth-order valence-electron chi connectivity index (χ4n) is 3.54. The summed E-state index contributed by atoms with van der Waals surface area (Å²) in [4.78, 5) is 36.7. The van der Waals surface area contributed by atoms with Gasteiger partial charge in [-0.2, -0.15) is 0 Å². The Bertz CT molecular complexity index is 594. The lowest BCUT2D eigenvalue weighted by Crippen LogP contribution is -2.31. The van der Waals surface area contributed by atoms with Crippen molar-refractivity contribution in [3.8, 4) is 0 Å². The van der Waals surface area contributed by atoms with Crippen LogP contribution in [-0.2, 0) is 23.9 Å². The topological polar surface area (TPSA) is 119 Å². The Labute approximate surface area is 212 Å². The first-order chi connectivity index (χ1) is 16.8. The van der Waals surface area contributed by atoms with Crippen LogP contribution in [0.25, 0.3) is 0 Å². The van der Waals surface area contributed by atoms with Crippen molar-refractivity contribution >= 4 is 17.8 Å². The summed E-state index contributed by atoms with van der Waals surface area (Å²) in [5, 5.41) is 10.6. The Balaban J connectivity index is 4.23. The predicted molar refractivity (Wildman–Crippen MR) is 139 cm³/mol. The van der Waals surface area contributed by atoms with Crippen LogP contribution in [0.4, 0.5) is 0 Å². The molecule has 0 aromatic rings. The van der Waals surface area contributed by atoms with Gasteiger partial charge < -0.3 is 25.2 Å². The van der Waals surface area contributed by atoms with E-state index in [1.807, 2.05) is 25.1 Å². The van der Waals surface area contributed by atoms with Crippen LogP contribution >= 0.6 is 0 Å². The van der Waals surface area contributed by atoms with E-state index in [4.69, 9.17) is 15.2 Å². The highest BCUT2D eigenvalue weighted by Crippen LogP contribution is 2.16. The van der Waals surface area contributed by atoms with Crippen molar-refractivity contribution in [3.05, 3.63) is 12.2 Å². The Hall–Kier alpha value is -1.93. The Morgan fingerprint density at radius 2 is 1.57 bits per heavy atom. The molecule has 0 aliphatic rings. The molecule has 2 unspecified atom stereocenters. The van der Waals surface area contributed by atoms with Gasteiger partial charge in [0, 0.05) is 25.8 Å². The first kappa shape index (κ1) is 33.1. The first-order valence-corrected chi connectivity index (χ1v) is 13.4. The molecule has 3 N–H and O–H groups in total. The normalized spacial score (nSPS) is 13.2. The number of allylic oxidation sites excluding steroid dienone is 1. The molecule has 8 nitrogen and oxygen atoms in total. The molecule has 0 aliphatic carbocycles. The van der Waals surface area contributed by atoms with Gasteiger partial charge in [-0.3, -0.25) is 14.4 Å². The third-order valence-corrected chi connectivity index (χ3v) is 5.71. The third-order valence-electron chi connectivity index (χ3n) is 5.71. The van der Waals surface area contributed by atoms with Crippen LogP contribution in [0, 0.1) is 0 Å². The molecule has 0 aromatic heterocycles. The quantitative estimate of drug-likeness (QED) is 0.123. The molecule has 0 fully saturated rings. The lowest BCUT2D eigenvalue weighted by molar-refractivity contribution is -0.156. The van der Waals surface area contributed by atoms with Crippen molar-refractivity contribution in [1.29, 1.82) is 0 Å². The molecule has 35 heavy (non-hydrogen) atoms. The number of esters is 2. The van der Waals surface area contributed by atoms with Crippen LogP contribution in [0.3, 0.4) is 0 Å². The predicted octanol–water partition coefficient (Wildman–Crippen LogP) is 4.28. The van der Waals surface area contributed by atoms with E-state index in [0.29, 0.717) is 38.8 Å². The number of likely N-dealkylation sites (N-methyl/N-ethyl adjacent to an activating group) is 1. The molecule has 0 aromatic carbocycles. The number of ether oxygens (including phenoxy) is 2. The van der Waals surface area contributed by atoms with Gasteiger partial charge in [0.25, 0.3) is 0 Å². The van der Waals surface area contributed by atoms with Gasteiger partial charge in [-0.15, -0.1) is 0 Å². The summed E-state index contributed by atoms with van der Waals surface area (Å²) >= 11 is 0.